The van der Waals surface area contributed by atoms with E-state index in [1.54, 1.807) is 11.8 Å². The summed E-state index contributed by atoms with van der Waals surface area (Å²) in [5, 5.41) is 15.3. The molecule has 1 aromatic heterocycles. The summed E-state index contributed by atoms with van der Waals surface area (Å²) in [5.41, 5.74) is -0.594. The highest BCUT2D eigenvalue weighted by Gasteiger charge is 2.44. The summed E-state index contributed by atoms with van der Waals surface area (Å²) in [6.45, 7) is 2.14. The maximum atomic E-state index is 12.1. The van der Waals surface area contributed by atoms with Gasteiger partial charge >= 0.3 is 5.97 Å². The van der Waals surface area contributed by atoms with Crippen LogP contribution in [0.25, 0.3) is 0 Å². The summed E-state index contributed by atoms with van der Waals surface area (Å²) in [6.07, 6.45) is 2.18. The summed E-state index contributed by atoms with van der Waals surface area (Å²) in [7, 11) is 0. The van der Waals surface area contributed by atoms with Gasteiger partial charge in [0.25, 0.3) is 5.91 Å². The predicted octanol–water partition coefficient (Wildman–Crippen LogP) is -0.00220. The van der Waals surface area contributed by atoms with Crippen molar-refractivity contribution in [3.63, 3.8) is 0 Å². The molecule has 1 aliphatic heterocycles. The number of likely N-dealkylation sites (tertiary alicyclic amines) is 1. The van der Waals surface area contributed by atoms with Gasteiger partial charge < -0.3 is 14.7 Å². The first-order chi connectivity index (χ1) is 9.47. The Balaban J connectivity index is 1.55. The normalized spacial score (nSPS) is 20.6. The number of nitrogens with zero attached hydrogens (tertiary/aromatic N) is 3. The number of hydrogen-bond donors (Lipinski definition) is 2. The van der Waals surface area contributed by atoms with E-state index in [0.29, 0.717) is 19.0 Å². The van der Waals surface area contributed by atoms with E-state index in [-0.39, 0.29) is 18.3 Å². The number of amides is 1. The van der Waals surface area contributed by atoms with Crippen molar-refractivity contribution in [2.24, 2.45) is 0 Å². The molecule has 0 radical (unpaired) electrons. The van der Waals surface area contributed by atoms with Gasteiger partial charge in [0.15, 0.2) is 0 Å². The molecule has 2 aliphatic rings. The van der Waals surface area contributed by atoms with Crippen LogP contribution in [0, 0.1) is 0 Å². The molecule has 20 heavy (non-hydrogen) atoms. The topological polar surface area (TPSA) is 108 Å². The molecular formula is C12H16N4O4. The Kier molecular flexibility index (Phi) is 2.97. The second-order valence-electron chi connectivity index (χ2n) is 5.61. The molecule has 3 rings (SSSR count). The zero-order valence-electron chi connectivity index (χ0n) is 11.1. The second kappa shape index (κ2) is 4.55. The summed E-state index contributed by atoms with van der Waals surface area (Å²) < 4.78 is 5.25. The lowest BCUT2D eigenvalue weighted by atomic mass is 9.96. The van der Waals surface area contributed by atoms with E-state index < -0.39 is 11.6 Å². The Morgan fingerprint density at radius 1 is 1.50 bits per heavy atom. The zero-order chi connectivity index (χ0) is 14.3. The van der Waals surface area contributed by atoms with Gasteiger partial charge in [0, 0.05) is 5.92 Å². The lowest BCUT2D eigenvalue weighted by molar-refractivity contribution is -0.160. The van der Waals surface area contributed by atoms with Crippen LogP contribution in [0.15, 0.2) is 0 Å². The van der Waals surface area contributed by atoms with Crippen molar-refractivity contribution in [2.45, 2.75) is 31.3 Å². The number of carbonyl (C=O) groups excluding carboxylic acids is 1. The minimum absolute atomic E-state index is 0.173. The Morgan fingerprint density at radius 3 is 2.80 bits per heavy atom. The van der Waals surface area contributed by atoms with Crippen LogP contribution in [-0.2, 0) is 9.53 Å². The Hall–Kier alpha value is -1.96. The van der Waals surface area contributed by atoms with Crippen LogP contribution in [0.5, 0.6) is 0 Å². The Labute approximate surface area is 115 Å². The lowest BCUT2D eigenvalue weighted by Gasteiger charge is -2.46. The molecule has 0 atom stereocenters. The van der Waals surface area contributed by atoms with Crippen molar-refractivity contribution < 1.29 is 19.4 Å². The molecule has 0 aromatic carbocycles. The summed E-state index contributed by atoms with van der Waals surface area (Å²) in [5.74, 6) is 0.110. The van der Waals surface area contributed by atoms with Gasteiger partial charge in [0.2, 0.25) is 5.82 Å². The third-order valence-electron chi connectivity index (χ3n) is 3.54. The van der Waals surface area contributed by atoms with Crippen molar-refractivity contribution >= 4 is 11.9 Å². The van der Waals surface area contributed by atoms with Gasteiger partial charge in [-0.1, -0.05) is 0 Å². The monoisotopic (exact) mass is 280 g/mol. The summed E-state index contributed by atoms with van der Waals surface area (Å²) in [6, 6.07) is 0. The largest absolute Gasteiger partial charge is 0.480 e. The fourth-order valence-corrected chi connectivity index (χ4v) is 2.28. The number of carboxylic acid groups (broad SMARTS) is 1. The van der Waals surface area contributed by atoms with Crippen LogP contribution in [0.1, 0.15) is 42.1 Å². The quantitative estimate of drug-likeness (QED) is 0.785. The van der Waals surface area contributed by atoms with Gasteiger partial charge in [-0.15, -0.1) is 5.10 Å². The van der Waals surface area contributed by atoms with E-state index in [1.807, 2.05) is 0 Å². The molecule has 2 heterocycles. The molecule has 1 aliphatic carbocycles. The van der Waals surface area contributed by atoms with Crippen molar-refractivity contribution in [1.82, 2.24) is 20.1 Å². The molecule has 108 valence electrons. The molecule has 8 nitrogen and oxygen atoms in total. The van der Waals surface area contributed by atoms with E-state index in [4.69, 9.17) is 9.84 Å². The number of aromatic amines is 1. The van der Waals surface area contributed by atoms with Crippen LogP contribution < -0.4 is 0 Å². The van der Waals surface area contributed by atoms with Crippen LogP contribution in [-0.4, -0.2) is 62.4 Å². The van der Waals surface area contributed by atoms with Crippen LogP contribution in [0.2, 0.25) is 0 Å². The number of aromatic nitrogens is 3. The highest BCUT2D eigenvalue weighted by atomic mass is 16.5. The van der Waals surface area contributed by atoms with Crippen molar-refractivity contribution in [3.8, 4) is 0 Å². The maximum absolute atomic E-state index is 12.1. The molecule has 8 heteroatoms. The minimum Gasteiger partial charge on any atom is -0.480 e. The third kappa shape index (κ3) is 2.51. The number of hydrogen-bond acceptors (Lipinski definition) is 5. The van der Waals surface area contributed by atoms with Gasteiger partial charge in [-0.05, 0) is 19.8 Å². The fourth-order valence-electron chi connectivity index (χ4n) is 2.28. The number of carboxylic acids is 1. The molecular weight excluding hydrogens is 264 g/mol. The highest BCUT2D eigenvalue weighted by molar-refractivity contribution is 5.91. The first-order valence-electron chi connectivity index (χ1n) is 6.54. The van der Waals surface area contributed by atoms with Crippen LogP contribution in [0.3, 0.4) is 0 Å². The van der Waals surface area contributed by atoms with Gasteiger partial charge in [-0.25, -0.2) is 9.78 Å². The van der Waals surface area contributed by atoms with E-state index in [1.165, 1.54) is 0 Å². The molecule has 2 N–H and O–H groups in total. The van der Waals surface area contributed by atoms with Gasteiger partial charge in [0.05, 0.1) is 13.1 Å². The average Bonchev–Trinajstić information content (AvgIpc) is 3.10. The summed E-state index contributed by atoms with van der Waals surface area (Å²) in [4.78, 5) is 28.3. The van der Waals surface area contributed by atoms with Gasteiger partial charge in [-0.2, -0.15) is 0 Å². The average molecular weight is 280 g/mol. The number of carbonyl (C=O) groups is 2. The first kappa shape index (κ1) is 13.0. The van der Waals surface area contributed by atoms with Crippen molar-refractivity contribution in [2.75, 3.05) is 19.7 Å². The Morgan fingerprint density at radius 2 is 2.20 bits per heavy atom. The molecule has 2 fully saturated rings. The van der Waals surface area contributed by atoms with Crippen LogP contribution >= 0.6 is 0 Å². The molecule has 1 aromatic rings. The molecule has 1 amide bonds. The number of H-pyrrole nitrogens is 1. The van der Waals surface area contributed by atoms with Crippen molar-refractivity contribution in [3.05, 3.63) is 11.6 Å². The SMILES string of the molecule is CC1(OCC(=O)O)CN(C(=O)c2n[nH]c(C3CC3)n2)C1. The fraction of sp³-hybridized carbons (Fsp3) is 0.667. The van der Waals surface area contributed by atoms with Gasteiger partial charge in [-0.3, -0.25) is 9.89 Å². The van der Waals surface area contributed by atoms with Crippen LogP contribution in [0.4, 0.5) is 0 Å². The summed E-state index contributed by atoms with van der Waals surface area (Å²) >= 11 is 0. The standard InChI is InChI=1S/C12H16N4O4/c1-12(20-4-8(17)18)5-16(6-12)11(19)10-13-9(14-15-10)7-2-3-7/h7H,2-6H2,1H3,(H,17,18)(H,13,14,15). The predicted molar refractivity (Wildman–Crippen MR) is 66.3 cm³/mol. The second-order valence-corrected chi connectivity index (χ2v) is 5.61. The number of aliphatic carboxylic acids is 1. The molecule has 1 saturated heterocycles. The van der Waals surface area contributed by atoms with Gasteiger partial charge in [0.1, 0.15) is 18.0 Å². The van der Waals surface area contributed by atoms with E-state index in [9.17, 15) is 9.59 Å². The maximum Gasteiger partial charge on any atom is 0.329 e. The number of rotatable bonds is 5. The number of ether oxygens (including phenoxy) is 1. The van der Waals surface area contributed by atoms with Crippen molar-refractivity contribution in [1.29, 1.82) is 0 Å². The first-order valence-corrected chi connectivity index (χ1v) is 6.54. The molecule has 1 saturated carbocycles. The number of nitrogens with one attached hydrogen (secondary N) is 1. The Bertz CT molecular complexity index is 545. The zero-order valence-corrected chi connectivity index (χ0v) is 11.1. The third-order valence-corrected chi connectivity index (χ3v) is 3.54. The molecule has 0 spiro atoms. The minimum atomic E-state index is -1.01. The van der Waals surface area contributed by atoms with E-state index in [2.05, 4.69) is 15.2 Å². The highest BCUT2D eigenvalue weighted by Crippen LogP contribution is 2.37. The van der Waals surface area contributed by atoms with E-state index >= 15 is 0 Å². The lowest BCUT2D eigenvalue weighted by Crippen LogP contribution is -2.63. The smallest absolute Gasteiger partial charge is 0.329 e. The van der Waals surface area contributed by atoms with E-state index in [0.717, 1.165) is 18.7 Å². The molecule has 0 unspecified atom stereocenters. The molecule has 0 bridgehead atoms.